The number of aromatic nitrogens is 2. The van der Waals surface area contributed by atoms with E-state index in [1.807, 2.05) is 25.9 Å². The van der Waals surface area contributed by atoms with Gasteiger partial charge >= 0.3 is 0 Å². The number of likely N-dealkylation sites (N-methyl/N-ethyl adjacent to an activating group) is 1. The number of amides is 1. The van der Waals surface area contributed by atoms with Crippen LogP contribution in [0.1, 0.15) is 17.4 Å². The van der Waals surface area contributed by atoms with E-state index >= 15 is 0 Å². The van der Waals surface area contributed by atoms with E-state index in [9.17, 15) is 13.2 Å². The van der Waals surface area contributed by atoms with Gasteiger partial charge in [-0.1, -0.05) is 6.07 Å². The van der Waals surface area contributed by atoms with Gasteiger partial charge in [-0.2, -0.15) is 0 Å². The maximum atomic E-state index is 12.3. The van der Waals surface area contributed by atoms with Gasteiger partial charge in [0.15, 0.2) is 5.69 Å². The molecule has 0 fully saturated rings. The summed E-state index contributed by atoms with van der Waals surface area (Å²) in [7, 11) is 0.319. The van der Waals surface area contributed by atoms with Gasteiger partial charge in [0, 0.05) is 25.0 Å². The van der Waals surface area contributed by atoms with Crippen molar-refractivity contribution in [1.29, 1.82) is 0 Å². The van der Waals surface area contributed by atoms with Crippen LogP contribution in [0.3, 0.4) is 0 Å². The molecule has 1 amide bonds. The largest absolute Gasteiger partial charge is 0.349 e. The average molecular weight is 324 g/mol. The first-order chi connectivity index (χ1) is 10.2. The molecule has 0 spiro atoms. The van der Waals surface area contributed by atoms with Crippen molar-refractivity contribution in [2.45, 2.75) is 18.1 Å². The monoisotopic (exact) mass is 324 g/mol. The molecule has 0 saturated carbocycles. The van der Waals surface area contributed by atoms with Crippen LogP contribution in [-0.2, 0) is 9.84 Å². The lowest BCUT2D eigenvalue weighted by molar-refractivity contribution is 0.0940. The second-order valence-corrected chi connectivity index (χ2v) is 7.40. The van der Waals surface area contributed by atoms with Crippen molar-refractivity contribution in [2.24, 2.45) is 0 Å². The van der Waals surface area contributed by atoms with E-state index in [-0.39, 0.29) is 22.8 Å². The number of fused-ring (bicyclic) bond motifs is 1. The smallest absolute Gasteiger partial charge is 0.272 e. The van der Waals surface area contributed by atoms with Gasteiger partial charge in [-0.3, -0.25) is 9.20 Å². The zero-order valence-corrected chi connectivity index (χ0v) is 13.9. The Morgan fingerprint density at radius 3 is 2.68 bits per heavy atom. The number of nitrogens with one attached hydrogen (secondary N) is 1. The standard InChI is InChI=1S/C14H20N4O3S/c1-10(17(2)3)9-15-13(19)12-11-7-5-6-8-18(11)14(16-12)22(4,20)21/h5-8,10H,9H2,1-4H3,(H,15,19)/t10-/m1/s1. The molecule has 0 aliphatic rings. The Labute approximate surface area is 129 Å². The summed E-state index contributed by atoms with van der Waals surface area (Å²) >= 11 is 0. The minimum absolute atomic E-state index is 0.118. The third-order valence-corrected chi connectivity index (χ3v) is 4.45. The number of imidazole rings is 1. The normalized spacial score (nSPS) is 13.5. The van der Waals surface area contributed by atoms with Gasteiger partial charge in [0.25, 0.3) is 5.91 Å². The molecule has 8 heteroatoms. The molecule has 2 aromatic rings. The average Bonchev–Trinajstić information content (AvgIpc) is 2.83. The fourth-order valence-electron chi connectivity index (χ4n) is 1.95. The molecule has 0 radical (unpaired) electrons. The van der Waals surface area contributed by atoms with Crippen molar-refractivity contribution in [1.82, 2.24) is 19.6 Å². The summed E-state index contributed by atoms with van der Waals surface area (Å²) in [6.45, 7) is 2.43. The molecule has 0 saturated heterocycles. The molecule has 7 nitrogen and oxygen atoms in total. The number of carbonyl (C=O) groups excluding carboxylic acids is 1. The number of rotatable bonds is 5. The van der Waals surface area contributed by atoms with E-state index in [0.717, 1.165) is 6.26 Å². The number of sulfone groups is 1. The fourth-order valence-corrected chi connectivity index (χ4v) is 2.72. The lowest BCUT2D eigenvalue weighted by Gasteiger charge is -2.19. The van der Waals surface area contributed by atoms with E-state index in [4.69, 9.17) is 0 Å². The molecular weight excluding hydrogens is 304 g/mol. The predicted octanol–water partition coefficient (Wildman–Crippen LogP) is 0.418. The minimum atomic E-state index is -3.52. The Morgan fingerprint density at radius 1 is 1.41 bits per heavy atom. The first-order valence-electron chi connectivity index (χ1n) is 6.83. The number of pyridine rings is 1. The molecule has 0 aromatic carbocycles. The zero-order chi connectivity index (χ0) is 16.5. The van der Waals surface area contributed by atoms with Crippen molar-refractivity contribution in [3.05, 3.63) is 30.1 Å². The summed E-state index contributed by atoms with van der Waals surface area (Å²) in [6, 6.07) is 5.26. The zero-order valence-electron chi connectivity index (χ0n) is 13.1. The van der Waals surface area contributed by atoms with Crippen LogP contribution in [0, 0.1) is 0 Å². The van der Waals surface area contributed by atoms with Gasteiger partial charge < -0.3 is 10.2 Å². The molecule has 0 aliphatic carbocycles. The summed E-state index contributed by atoms with van der Waals surface area (Å²) in [5, 5.41) is 2.66. The molecule has 0 bridgehead atoms. The Balaban J connectivity index is 2.38. The van der Waals surface area contributed by atoms with Gasteiger partial charge in [-0.25, -0.2) is 13.4 Å². The lowest BCUT2D eigenvalue weighted by atomic mass is 10.3. The van der Waals surface area contributed by atoms with Crippen molar-refractivity contribution in [3.8, 4) is 0 Å². The highest BCUT2D eigenvalue weighted by atomic mass is 32.2. The first kappa shape index (κ1) is 16.4. The van der Waals surface area contributed by atoms with Crippen molar-refractivity contribution in [2.75, 3.05) is 26.9 Å². The van der Waals surface area contributed by atoms with Crippen molar-refractivity contribution >= 4 is 21.3 Å². The van der Waals surface area contributed by atoms with E-state index in [2.05, 4.69) is 10.3 Å². The second-order valence-electron chi connectivity index (χ2n) is 5.49. The maximum absolute atomic E-state index is 12.3. The topological polar surface area (TPSA) is 83.8 Å². The Kier molecular flexibility index (Phi) is 4.52. The highest BCUT2D eigenvalue weighted by molar-refractivity contribution is 7.90. The maximum Gasteiger partial charge on any atom is 0.272 e. The predicted molar refractivity (Wildman–Crippen MR) is 83.8 cm³/mol. The van der Waals surface area contributed by atoms with Gasteiger partial charge in [0.05, 0.1) is 5.52 Å². The molecule has 120 valence electrons. The summed E-state index contributed by atoms with van der Waals surface area (Å²) in [4.78, 5) is 18.3. The molecule has 0 unspecified atom stereocenters. The molecule has 0 aliphatic heterocycles. The summed E-state index contributed by atoms with van der Waals surface area (Å²) in [5.74, 6) is -0.382. The number of hydrogen-bond acceptors (Lipinski definition) is 5. The van der Waals surface area contributed by atoms with Crippen molar-refractivity contribution < 1.29 is 13.2 Å². The SMILES string of the molecule is C[C@H](CNC(=O)c1nc(S(C)(=O)=O)n2ccccc12)N(C)C. The number of nitrogens with zero attached hydrogens (tertiary/aromatic N) is 3. The van der Waals surface area contributed by atoms with E-state index in [1.165, 1.54) is 4.40 Å². The lowest BCUT2D eigenvalue weighted by Crippen LogP contribution is -2.38. The Hall–Kier alpha value is -1.93. The summed E-state index contributed by atoms with van der Waals surface area (Å²) < 4.78 is 25.0. The fraction of sp³-hybridized carbons (Fsp3) is 0.429. The van der Waals surface area contributed by atoms with Crippen LogP contribution < -0.4 is 5.32 Å². The molecule has 1 atom stereocenters. The molecule has 22 heavy (non-hydrogen) atoms. The summed E-state index contributed by atoms with van der Waals surface area (Å²) in [5.41, 5.74) is 0.588. The summed E-state index contributed by atoms with van der Waals surface area (Å²) in [6.07, 6.45) is 2.66. The van der Waals surface area contributed by atoms with Crippen molar-refractivity contribution in [3.63, 3.8) is 0 Å². The van der Waals surface area contributed by atoms with Crippen LogP contribution in [0.5, 0.6) is 0 Å². The van der Waals surface area contributed by atoms with Gasteiger partial charge in [-0.05, 0) is 33.2 Å². The highest BCUT2D eigenvalue weighted by Crippen LogP contribution is 2.16. The first-order valence-corrected chi connectivity index (χ1v) is 8.72. The number of carbonyl (C=O) groups is 1. The van der Waals surface area contributed by atoms with Gasteiger partial charge in [0.1, 0.15) is 0 Å². The van der Waals surface area contributed by atoms with Gasteiger partial charge in [-0.15, -0.1) is 0 Å². The third-order valence-electron chi connectivity index (χ3n) is 3.50. The number of hydrogen-bond donors (Lipinski definition) is 1. The minimum Gasteiger partial charge on any atom is -0.349 e. The quantitative estimate of drug-likeness (QED) is 0.861. The van der Waals surface area contributed by atoms with Crippen LogP contribution in [0.25, 0.3) is 5.52 Å². The second kappa shape index (κ2) is 6.05. The van der Waals surface area contributed by atoms with Crippen LogP contribution in [0.15, 0.2) is 29.6 Å². The molecule has 2 aromatic heterocycles. The molecular formula is C14H20N4O3S. The van der Waals surface area contributed by atoms with Crippen LogP contribution in [-0.4, -0.2) is 61.5 Å². The van der Waals surface area contributed by atoms with E-state index in [1.54, 1.807) is 24.4 Å². The van der Waals surface area contributed by atoms with E-state index in [0.29, 0.717) is 12.1 Å². The van der Waals surface area contributed by atoms with E-state index < -0.39 is 9.84 Å². The molecule has 2 heterocycles. The molecule has 2 rings (SSSR count). The van der Waals surface area contributed by atoms with Gasteiger partial charge in [0.2, 0.25) is 15.0 Å². The van der Waals surface area contributed by atoms with Crippen LogP contribution >= 0.6 is 0 Å². The molecule has 1 N–H and O–H groups in total. The third kappa shape index (κ3) is 3.28. The van der Waals surface area contributed by atoms with Crippen LogP contribution in [0.4, 0.5) is 0 Å². The highest BCUT2D eigenvalue weighted by Gasteiger charge is 2.22. The Morgan fingerprint density at radius 2 is 2.09 bits per heavy atom. The van der Waals surface area contributed by atoms with Crippen LogP contribution in [0.2, 0.25) is 0 Å². The Bertz CT molecular complexity index is 796.